The zero-order valence-corrected chi connectivity index (χ0v) is 21.2. The van der Waals surface area contributed by atoms with Crippen LogP contribution < -0.4 is 19.5 Å². The van der Waals surface area contributed by atoms with E-state index >= 15 is 0 Å². The predicted octanol–water partition coefficient (Wildman–Crippen LogP) is 4.12. The van der Waals surface area contributed by atoms with Crippen LogP contribution >= 0.6 is 11.6 Å². The Morgan fingerprint density at radius 2 is 1.78 bits per heavy atom. The van der Waals surface area contributed by atoms with Crippen molar-refractivity contribution in [1.82, 2.24) is 5.32 Å². The van der Waals surface area contributed by atoms with E-state index in [1.54, 1.807) is 6.92 Å². The average Bonchev–Trinajstić information content (AvgIpc) is 3.21. The van der Waals surface area contributed by atoms with Gasteiger partial charge in [0.15, 0.2) is 5.75 Å². The molecule has 0 bridgehead atoms. The summed E-state index contributed by atoms with van der Waals surface area (Å²) in [5.74, 6) is -3.24. The normalized spacial score (nSPS) is 24.1. The molecule has 2 heterocycles. The lowest BCUT2D eigenvalue weighted by atomic mass is 9.67. The number of dihydropyridines is 1. The number of methoxy groups -OCH3 is 3. The highest BCUT2D eigenvalue weighted by atomic mass is 35.5. The summed E-state index contributed by atoms with van der Waals surface area (Å²) in [6.45, 7) is 1.72. The van der Waals surface area contributed by atoms with E-state index in [4.69, 9.17) is 30.5 Å². The number of fused-ring (bicyclic) bond motifs is 1. The summed E-state index contributed by atoms with van der Waals surface area (Å²) in [7, 11) is 4.05. The Labute approximate surface area is 217 Å². The van der Waals surface area contributed by atoms with Crippen LogP contribution in [-0.4, -0.2) is 44.5 Å². The van der Waals surface area contributed by atoms with Gasteiger partial charge in [0, 0.05) is 29.2 Å². The summed E-state index contributed by atoms with van der Waals surface area (Å²) in [5.41, 5.74) is -0.464. The zero-order valence-electron chi connectivity index (χ0n) is 20.4. The number of esters is 1. The number of benzene rings is 2. The molecule has 0 saturated carbocycles. The van der Waals surface area contributed by atoms with Gasteiger partial charge in [-0.1, -0.05) is 30.7 Å². The van der Waals surface area contributed by atoms with Crippen molar-refractivity contribution in [3.8, 4) is 17.2 Å². The quantitative estimate of drug-likeness (QED) is 0.468. The molecule has 0 fully saturated rings. The number of carbonyl (C=O) groups is 3. The molecular weight excluding hydrogens is 505 g/mol. The molecule has 37 heavy (non-hydrogen) atoms. The van der Waals surface area contributed by atoms with Crippen LogP contribution in [0.4, 0.5) is 4.39 Å². The van der Waals surface area contributed by atoms with Crippen LogP contribution in [0.3, 0.4) is 0 Å². The first-order valence-electron chi connectivity index (χ1n) is 11.5. The first kappa shape index (κ1) is 24.8. The maximum atomic E-state index is 14.4. The fourth-order valence-corrected chi connectivity index (χ4v) is 5.52. The lowest BCUT2D eigenvalue weighted by molar-refractivity contribution is -0.137. The van der Waals surface area contributed by atoms with Gasteiger partial charge in [0.1, 0.15) is 33.6 Å². The number of hydrogen-bond acceptors (Lipinski definition) is 8. The van der Waals surface area contributed by atoms with Gasteiger partial charge in [-0.05, 0) is 30.2 Å². The van der Waals surface area contributed by atoms with Crippen molar-refractivity contribution in [2.75, 3.05) is 21.3 Å². The van der Waals surface area contributed by atoms with Gasteiger partial charge in [0.25, 0.3) is 0 Å². The smallest absolute Gasteiger partial charge is 0.354 e. The SMILES string of the molecule is COC(=O)C1=CC(c2ccc(F)cc2)C2=C(C[C@H](C)[C@]3(Oc4c(Cl)c(OC)cc(OC)c4C3=O)C2=O)N1. The molecule has 192 valence electrons. The van der Waals surface area contributed by atoms with E-state index in [-0.39, 0.29) is 45.5 Å². The molecular formula is C27H23ClFNO7. The largest absolute Gasteiger partial charge is 0.496 e. The molecule has 1 spiro atoms. The molecule has 1 aliphatic carbocycles. The van der Waals surface area contributed by atoms with Gasteiger partial charge >= 0.3 is 5.97 Å². The molecule has 5 rings (SSSR count). The van der Waals surface area contributed by atoms with Crippen LogP contribution in [0.2, 0.25) is 5.02 Å². The Morgan fingerprint density at radius 3 is 2.41 bits per heavy atom. The summed E-state index contributed by atoms with van der Waals surface area (Å²) >= 11 is 6.50. The second kappa shape index (κ2) is 8.92. The topological polar surface area (TPSA) is 100 Å². The third-order valence-corrected chi connectivity index (χ3v) is 7.45. The molecule has 0 aromatic heterocycles. The number of Topliss-reactive ketones (excluding diaryl/α,β-unsaturated/α-hetero) is 2. The van der Waals surface area contributed by atoms with E-state index in [2.05, 4.69) is 5.32 Å². The van der Waals surface area contributed by atoms with Crippen molar-refractivity contribution in [3.05, 3.63) is 75.3 Å². The highest BCUT2D eigenvalue weighted by Gasteiger charge is 2.63. The summed E-state index contributed by atoms with van der Waals surface area (Å²) in [5, 5.41) is 3.06. The Kier molecular flexibility index (Phi) is 5.98. The first-order valence-corrected chi connectivity index (χ1v) is 11.8. The maximum Gasteiger partial charge on any atom is 0.354 e. The number of rotatable bonds is 4. The van der Waals surface area contributed by atoms with Gasteiger partial charge in [0.2, 0.25) is 17.2 Å². The number of nitrogens with one attached hydrogen (secondary N) is 1. The molecule has 2 aromatic carbocycles. The fraction of sp³-hybridized carbons (Fsp3) is 0.296. The maximum absolute atomic E-state index is 14.4. The van der Waals surface area contributed by atoms with E-state index in [1.165, 1.54) is 57.7 Å². The number of ether oxygens (including phenoxy) is 4. The molecule has 3 aliphatic rings. The lowest BCUT2D eigenvalue weighted by Crippen LogP contribution is -2.58. The monoisotopic (exact) mass is 527 g/mol. The third kappa shape index (κ3) is 3.52. The summed E-state index contributed by atoms with van der Waals surface area (Å²) < 4.78 is 35.5. The van der Waals surface area contributed by atoms with Crippen molar-refractivity contribution >= 4 is 29.1 Å². The molecule has 2 aromatic rings. The molecule has 3 atom stereocenters. The Bertz CT molecular complexity index is 1410. The van der Waals surface area contributed by atoms with E-state index in [0.29, 0.717) is 11.3 Å². The number of ketones is 2. The van der Waals surface area contributed by atoms with Crippen LogP contribution in [0.5, 0.6) is 17.2 Å². The Balaban J connectivity index is 1.67. The number of halogens is 2. The standard InChI is InChI=1S/C27H23ClFNO7/c1-12-9-16-20(15(10-17(30-16)26(33)36-4)13-5-7-14(29)8-6-13)24(31)27(12)25(32)21-18(34-2)11-19(35-3)22(28)23(21)37-27/h5-8,10-12,15,30H,9H2,1-4H3/t12-,15?,27-/m0/s1. The van der Waals surface area contributed by atoms with E-state index in [1.807, 2.05) is 0 Å². The molecule has 0 radical (unpaired) electrons. The van der Waals surface area contributed by atoms with Gasteiger partial charge in [-0.25, -0.2) is 9.18 Å². The fourth-order valence-electron chi connectivity index (χ4n) is 5.26. The average molecular weight is 528 g/mol. The zero-order chi connectivity index (χ0) is 26.6. The molecule has 0 amide bonds. The highest BCUT2D eigenvalue weighted by molar-refractivity contribution is 6.36. The summed E-state index contributed by atoms with van der Waals surface area (Å²) in [6, 6.07) is 7.04. The molecule has 10 heteroatoms. The van der Waals surface area contributed by atoms with Crippen LogP contribution in [0.25, 0.3) is 0 Å². The van der Waals surface area contributed by atoms with Gasteiger partial charge in [-0.2, -0.15) is 0 Å². The number of allylic oxidation sites excluding steroid dienone is 2. The van der Waals surface area contributed by atoms with Gasteiger partial charge in [0.05, 0.1) is 21.3 Å². The van der Waals surface area contributed by atoms with Crippen molar-refractivity contribution in [3.63, 3.8) is 0 Å². The van der Waals surface area contributed by atoms with Crippen molar-refractivity contribution in [1.29, 1.82) is 0 Å². The van der Waals surface area contributed by atoms with Crippen LogP contribution in [-0.2, 0) is 14.3 Å². The minimum Gasteiger partial charge on any atom is -0.496 e. The molecule has 0 saturated heterocycles. The van der Waals surface area contributed by atoms with Gasteiger partial charge in [-0.15, -0.1) is 0 Å². The minimum absolute atomic E-state index is 0.0139. The van der Waals surface area contributed by atoms with Gasteiger partial charge in [-0.3, -0.25) is 9.59 Å². The number of carbonyl (C=O) groups excluding carboxylic acids is 3. The van der Waals surface area contributed by atoms with Crippen LogP contribution in [0.15, 0.2) is 53.4 Å². The number of hydrogen-bond donors (Lipinski definition) is 1. The molecule has 1 N–H and O–H groups in total. The highest BCUT2D eigenvalue weighted by Crippen LogP contribution is 2.55. The predicted molar refractivity (Wildman–Crippen MR) is 130 cm³/mol. The van der Waals surface area contributed by atoms with E-state index in [0.717, 1.165) is 0 Å². The second-order valence-corrected chi connectivity index (χ2v) is 9.40. The van der Waals surface area contributed by atoms with Crippen LogP contribution in [0.1, 0.15) is 35.2 Å². The van der Waals surface area contributed by atoms with Crippen molar-refractivity contribution < 1.29 is 37.7 Å². The Morgan fingerprint density at radius 1 is 1.11 bits per heavy atom. The lowest BCUT2D eigenvalue weighted by Gasteiger charge is -2.41. The molecule has 8 nitrogen and oxygen atoms in total. The molecule has 1 unspecified atom stereocenters. The second-order valence-electron chi connectivity index (χ2n) is 9.02. The van der Waals surface area contributed by atoms with E-state index in [9.17, 15) is 18.8 Å². The van der Waals surface area contributed by atoms with Crippen molar-refractivity contribution in [2.24, 2.45) is 5.92 Å². The Hall–Kier alpha value is -3.85. The molecule has 2 aliphatic heterocycles. The minimum atomic E-state index is -1.92. The summed E-state index contributed by atoms with van der Waals surface area (Å²) in [4.78, 5) is 40.8. The van der Waals surface area contributed by atoms with Crippen LogP contribution in [0, 0.1) is 11.7 Å². The first-order chi connectivity index (χ1) is 17.7. The van der Waals surface area contributed by atoms with Gasteiger partial charge < -0.3 is 24.3 Å². The van der Waals surface area contributed by atoms with E-state index < -0.39 is 40.8 Å². The van der Waals surface area contributed by atoms with Crippen molar-refractivity contribution in [2.45, 2.75) is 24.9 Å². The third-order valence-electron chi connectivity index (χ3n) is 7.09. The summed E-state index contributed by atoms with van der Waals surface area (Å²) in [6.07, 6.45) is 1.73.